The van der Waals surface area contributed by atoms with Crippen molar-refractivity contribution < 1.29 is 10.2 Å². The van der Waals surface area contributed by atoms with Crippen molar-refractivity contribution >= 4 is 39.0 Å². The van der Waals surface area contributed by atoms with Gasteiger partial charge in [0.15, 0.2) is 5.11 Å². The number of hydrogen-bond donors (Lipinski definition) is 4. The van der Waals surface area contributed by atoms with Gasteiger partial charge in [-0.1, -0.05) is 28.1 Å². The molecule has 21 heavy (non-hydrogen) atoms. The van der Waals surface area contributed by atoms with Crippen LogP contribution in [0.3, 0.4) is 0 Å². The van der Waals surface area contributed by atoms with Gasteiger partial charge in [0, 0.05) is 21.7 Å². The fraction of sp³-hybridized carbons (Fsp3) is 0. The molecule has 2 aromatic rings. The molecule has 0 saturated carbocycles. The average molecular weight is 366 g/mol. The third-order valence-electron chi connectivity index (χ3n) is 2.55. The molecule has 0 aromatic heterocycles. The Hall–Kier alpha value is -2.12. The van der Waals surface area contributed by atoms with Gasteiger partial charge in [0.05, 0.1) is 5.71 Å². The molecule has 0 heterocycles. The largest absolute Gasteiger partial charge is 0.508 e. The van der Waals surface area contributed by atoms with E-state index in [9.17, 15) is 10.2 Å². The number of aromatic hydroxyl groups is 2. The van der Waals surface area contributed by atoms with Gasteiger partial charge in [0.25, 0.3) is 0 Å². The van der Waals surface area contributed by atoms with E-state index in [1.807, 2.05) is 24.3 Å². The van der Waals surface area contributed by atoms with E-state index in [0.717, 1.165) is 10.0 Å². The topological polar surface area (TPSA) is 90.9 Å². The summed E-state index contributed by atoms with van der Waals surface area (Å²) in [6, 6.07) is 11.6. The zero-order chi connectivity index (χ0) is 15.4. The van der Waals surface area contributed by atoms with Crippen LogP contribution in [-0.4, -0.2) is 21.0 Å². The van der Waals surface area contributed by atoms with Gasteiger partial charge in [-0.2, -0.15) is 5.10 Å². The summed E-state index contributed by atoms with van der Waals surface area (Å²) in [7, 11) is 0. The monoisotopic (exact) mass is 365 g/mol. The van der Waals surface area contributed by atoms with E-state index in [-0.39, 0.29) is 16.6 Å². The Morgan fingerprint density at radius 2 is 1.76 bits per heavy atom. The van der Waals surface area contributed by atoms with Gasteiger partial charge in [-0.3, -0.25) is 5.43 Å². The summed E-state index contributed by atoms with van der Waals surface area (Å²) in [5.41, 5.74) is 9.68. The first-order valence-corrected chi connectivity index (χ1v) is 7.08. The first-order chi connectivity index (χ1) is 9.95. The molecular formula is C14H12BrN3O2S. The number of hydrogen-bond acceptors (Lipinski definition) is 4. The molecule has 0 spiro atoms. The molecule has 0 amide bonds. The van der Waals surface area contributed by atoms with Crippen LogP contribution < -0.4 is 11.2 Å². The van der Waals surface area contributed by atoms with Crippen LogP contribution >= 0.6 is 28.1 Å². The van der Waals surface area contributed by atoms with E-state index in [4.69, 9.17) is 18.0 Å². The minimum Gasteiger partial charge on any atom is -0.508 e. The van der Waals surface area contributed by atoms with Gasteiger partial charge in [-0.25, -0.2) is 0 Å². The zero-order valence-electron chi connectivity index (χ0n) is 10.7. The summed E-state index contributed by atoms with van der Waals surface area (Å²) in [5, 5.41) is 23.4. The lowest BCUT2D eigenvalue weighted by Crippen LogP contribution is -2.26. The number of halogens is 1. The molecular weight excluding hydrogens is 354 g/mol. The summed E-state index contributed by atoms with van der Waals surface area (Å²) in [5.74, 6) is -0.133. The molecule has 5 nitrogen and oxygen atoms in total. The lowest BCUT2D eigenvalue weighted by Gasteiger charge is -2.09. The van der Waals surface area contributed by atoms with E-state index in [0.29, 0.717) is 11.3 Å². The van der Waals surface area contributed by atoms with Crippen LogP contribution in [0.2, 0.25) is 0 Å². The highest BCUT2D eigenvalue weighted by molar-refractivity contribution is 9.10. The van der Waals surface area contributed by atoms with Crippen molar-refractivity contribution in [2.45, 2.75) is 0 Å². The summed E-state index contributed by atoms with van der Waals surface area (Å²) >= 11 is 8.13. The predicted molar refractivity (Wildman–Crippen MR) is 89.5 cm³/mol. The Kier molecular flexibility index (Phi) is 4.77. The quantitative estimate of drug-likeness (QED) is 0.381. The molecule has 2 aromatic carbocycles. The number of benzene rings is 2. The molecule has 0 radical (unpaired) electrons. The van der Waals surface area contributed by atoms with Crippen molar-refractivity contribution in [1.29, 1.82) is 0 Å². The van der Waals surface area contributed by atoms with Gasteiger partial charge >= 0.3 is 0 Å². The molecule has 0 aliphatic heterocycles. The second kappa shape index (κ2) is 6.55. The number of nitrogens with one attached hydrogen (secondary N) is 1. The molecule has 0 fully saturated rings. The Labute approximate surface area is 135 Å². The van der Waals surface area contributed by atoms with Gasteiger partial charge in [-0.15, -0.1) is 0 Å². The summed E-state index contributed by atoms with van der Waals surface area (Å²) < 4.78 is 0.868. The van der Waals surface area contributed by atoms with Crippen LogP contribution in [-0.2, 0) is 0 Å². The maximum absolute atomic E-state index is 9.63. The Balaban J connectivity index is 2.55. The Morgan fingerprint density at radius 1 is 1.10 bits per heavy atom. The molecule has 0 atom stereocenters. The normalized spacial score (nSPS) is 11.2. The minimum absolute atomic E-state index is 0.0203. The highest BCUT2D eigenvalue weighted by Crippen LogP contribution is 2.24. The highest BCUT2D eigenvalue weighted by Gasteiger charge is 2.10. The molecule has 7 heteroatoms. The van der Waals surface area contributed by atoms with Crippen molar-refractivity contribution in [3.63, 3.8) is 0 Å². The number of rotatable bonds is 3. The minimum atomic E-state index is -0.0666. The van der Waals surface area contributed by atoms with Crippen LogP contribution in [0.1, 0.15) is 11.1 Å². The third-order valence-corrected chi connectivity index (χ3v) is 3.14. The number of hydrazone groups is 1. The second-order valence-corrected chi connectivity index (χ2v) is 5.54. The predicted octanol–water partition coefficient (Wildman–Crippen LogP) is 2.45. The lowest BCUT2D eigenvalue weighted by atomic mass is 10.0. The van der Waals surface area contributed by atoms with Crippen molar-refractivity contribution in [3.8, 4) is 11.5 Å². The van der Waals surface area contributed by atoms with Gasteiger partial charge in [0.2, 0.25) is 0 Å². The van der Waals surface area contributed by atoms with E-state index >= 15 is 0 Å². The third kappa shape index (κ3) is 4.17. The SMILES string of the molecule is NC(=S)N/N=C(\c1cc(O)cc(O)c1)c1cccc(Br)c1. The van der Waals surface area contributed by atoms with Crippen molar-refractivity contribution in [1.82, 2.24) is 5.43 Å². The van der Waals surface area contributed by atoms with Crippen LogP contribution in [0.25, 0.3) is 0 Å². The molecule has 0 bridgehead atoms. The molecule has 5 N–H and O–H groups in total. The number of thiocarbonyl (C=S) groups is 1. The fourth-order valence-electron chi connectivity index (χ4n) is 1.77. The fourth-order valence-corrected chi connectivity index (χ4v) is 2.22. The zero-order valence-corrected chi connectivity index (χ0v) is 13.1. The van der Waals surface area contributed by atoms with Gasteiger partial charge in [-0.05, 0) is 36.5 Å². The average Bonchev–Trinajstić information content (AvgIpc) is 2.37. The van der Waals surface area contributed by atoms with E-state index in [1.54, 1.807) is 0 Å². The standard InChI is InChI=1S/C14H12BrN3O2S/c15-10-3-1-2-8(4-10)13(17-18-14(16)21)9-5-11(19)7-12(20)6-9/h1-7,19-20H,(H3,16,18,21)/b17-13-. The van der Waals surface area contributed by atoms with Crippen LogP contribution in [0.15, 0.2) is 52.0 Å². The van der Waals surface area contributed by atoms with Crippen molar-refractivity contribution in [2.75, 3.05) is 0 Å². The van der Waals surface area contributed by atoms with Crippen LogP contribution in [0.5, 0.6) is 11.5 Å². The molecule has 108 valence electrons. The molecule has 0 aliphatic rings. The first-order valence-electron chi connectivity index (χ1n) is 5.88. The number of phenols is 2. The molecule has 0 unspecified atom stereocenters. The number of nitrogens with zero attached hydrogens (tertiary/aromatic N) is 1. The molecule has 2 rings (SSSR count). The number of nitrogens with two attached hydrogens (primary N) is 1. The Bertz CT molecular complexity index is 699. The van der Waals surface area contributed by atoms with E-state index < -0.39 is 0 Å². The van der Waals surface area contributed by atoms with E-state index in [1.165, 1.54) is 18.2 Å². The lowest BCUT2D eigenvalue weighted by molar-refractivity contribution is 0.450. The summed E-state index contributed by atoms with van der Waals surface area (Å²) in [4.78, 5) is 0. The highest BCUT2D eigenvalue weighted by atomic mass is 79.9. The molecule has 0 aliphatic carbocycles. The number of phenolic OH excluding ortho intramolecular Hbond substituents is 2. The van der Waals surface area contributed by atoms with Crippen LogP contribution in [0.4, 0.5) is 0 Å². The van der Waals surface area contributed by atoms with Gasteiger partial charge < -0.3 is 15.9 Å². The Morgan fingerprint density at radius 3 is 2.33 bits per heavy atom. The second-order valence-electron chi connectivity index (χ2n) is 4.18. The maximum atomic E-state index is 9.63. The summed E-state index contributed by atoms with van der Waals surface area (Å²) in [6.07, 6.45) is 0. The van der Waals surface area contributed by atoms with E-state index in [2.05, 4.69) is 26.5 Å². The van der Waals surface area contributed by atoms with Crippen molar-refractivity contribution in [2.24, 2.45) is 10.8 Å². The van der Waals surface area contributed by atoms with Crippen molar-refractivity contribution in [3.05, 3.63) is 58.1 Å². The molecule has 0 saturated heterocycles. The maximum Gasteiger partial charge on any atom is 0.184 e. The smallest absolute Gasteiger partial charge is 0.184 e. The van der Waals surface area contributed by atoms with Gasteiger partial charge in [0.1, 0.15) is 11.5 Å². The first kappa shape index (κ1) is 15.3. The summed E-state index contributed by atoms with van der Waals surface area (Å²) in [6.45, 7) is 0. The van der Waals surface area contributed by atoms with Crippen LogP contribution in [0, 0.1) is 0 Å².